The largest absolute Gasteiger partial charge is 0.508 e. The van der Waals surface area contributed by atoms with E-state index >= 15 is 0 Å². The minimum absolute atomic E-state index is 0.0680. The summed E-state index contributed by atoms with van der Waals surface area (Å²) < 4.78 is 0. The van der Waals surface area contributed by atoms with E-state index in [1.54, 1.807) is 18.2 Å². The van der Waals surface area contributed by atoms with Crippen LogP contribution in [0.25, 0.3) is 0 Å². The van der Waals surface area contributed by atoms with E-state index in [4.69, 9.17) is 5.11 Å². The molecule has 3 N–H and O–H groups in total. The highest BCUT2D eigenvalue weighted by atomic mass is 16.3. The molecule has 1 aromatic carbocycles. The molecule has 1 atom stereocenters. The van der Waals surface area contributed by atoms with E-state index in [1.165, 1.54) is 6.07 Å². The molecule has 0 heterocycles. The van der Waals surface area contributed by atoms with E-state index in [2.05, 4.69) is 0 Å². The van der Waals surface area contributed by atoms with Crippen LogP contribution in [0.5, 0.6) is 5.75 Å². The number of rotatable bonds is 3. The molecule has 0 spiro atoms. The van der Waals surface area contributed by atoms with Crippen molar-refractivity contribution in [1.29, 1.82) is 0 Å². The Morgan fingerprint density at radius 2 is 1.92 bits per heavy atom. The number of benzene rings is 1. The molecule has 0 aliphatic rings. The molecule has 0 aromatic heterocycles. The summed E-state index contributed by atoms with van der Waals surface area (Å²) in [6, 6.07) is 6.56. The molecule has 1 unspecified atom stereocenters. The Morgan fingerprint density at radius 3 is 2.50 bits per heavy atom. The highest BCUT2D eigenvalue weighted by molar-refractivity contribution is 5.33. The van der Waals surface area contributed by atoms with Crippen molar-refractivity contribution >= 4 is 0 Å². The van der Waals surface area contributed by atoms with Gasteiger partial charge in [-0.1, -0.05) is 18.2 Å². The first kappa shape index (κ1) is 9.03. The van der Waals surface area contributed by atoms with Crippen LogP contribution >= 0.6 is 0 Å². The van der Waals surface area contributed by atoms with Gasteiger partial charge in [-0.3, -0.25) is 0 Å². The smallest absolute Gasteiger partial charge is 0.121 e. The summed E-state index contributed by atoms with van der Waals surface area (Å²) in [6.45, 7) is -0.0878. The van der Waals surface area contributed by atoms with Crippen LogP contribution in [0, 0.1) is 0 Å². The van der Waals surface area contributed by atoms with Gasteiger partial charge in [0.25, 0.3) is 0 Å². The van der Waals surface area contributed by atoms with Gasteiger partial charge in [0.05, 0.1) is 6.10 Å². The molecule has 3 nitrogen and oxygen atoms in total. The molecule has 0 aliphatic heterocycles. The maximum Gasteiger partial charge on any atom is 0.121 e. The summed E-state index contributed by atoms with van der Waals surface area (Å²) in [5.74, 6) is 0.0680. The molecule has 66 valence electrons. The van der Waals surface area contributed by atoms with Crippen LogP contribution in [-0.2, 0) is 0 Å². The fourth-order valence-electron chi connectivity index (χ4n) is 1.05. The van der Waals surface area contributed by atoms with Crippen molar-refractivity contribution in [2.24, 2.45) is 0 Å². The first-order valence-electron chi connectivity index (χ1n) is 3.82. The highest BCUT2D eigenvalue weighted by Crippen LogP contribution is 2.24. The Bertz CT molecular complexity index is 247. The lowest BCUT2D eigenvalue weighted by Gasteiger charge is -2.10. The van der Waals surface area contributed by atoms with Crippen LogP contribution < -0.4 is 0 Å². The van der Waals surface area contributed by atoms with E-state index in [0.29, 0.717) is 5.56 Å². The maximum absolute atomic E-state index is 9.38. The maximum atomic E-state index is 9.38. The molecule has 0 aliphatic carbocycles. The Labute approximate surface area is 70.9 Å². The highest BCUT2D eigenvalue weighted by Gasteiger charge is 2.09. The zero-order valence-corrected chi connectivity index (χ0v) is 6.64. The SMILES string of the molecule is OCCC(O)c1ccccc1O. The molecule has 0 fully saturated rings. The van der Waals surface area contributed by atoms with Gasteiger partial charge in [-0.2, -0.15) is 0 Å². The third kappa shape index (κ3) is 1.96. The molecule has 0 amide bonds. The van der Waals surface area contributed by atoms with Crippen LogP contribution in [0.15, 0.2) is 24.3 Å². The standard InChI is InChI=1S/C9H12O3/c10-6-5-9(12)7-3-1-2-4-8(7)11/h1-4,9-12H,5-6H2. The van der Waals surface area contributed by atoms with Crippen molar-refractivity contribution in [3.8, 4) is 5.75 Å². The van der Waals surface area contributed by atoms with Crippen molar-refractivity contribution in [1.82, 2.24) is 0 Å². The average molecular weight is 168 g/mol. The summed E-state index contributed by atoms with van der Waals surface area (Å²) >= 11 is 0. The summed E-state index contributed by atoms with van der Waals surface area (Å²) in [6.07, 6.45) is -0.534. The predicted octanol–water partition coefficient (Wildman–Crippen LogP) is 0.808. The van der Waals surface area contributed by atoms with Gasteiger partial charge in [-0.15, -0.1) is 0 Å². The lowest BCUT2D eigenvalue weighted by Crippen LogP contribution is -1.99. The van der Waals surface area contributed by atoms with Gasteiger partial charge < -0.3 is 15.3 Å². The number of aliphatic hydroxyl groups is 2. The summed E-state index contributed by atoms with van der Waals surface area (Å²) in [4.78, 5) is 0. The molecular weight excluding hydrogens is 156 g/mol. The minimum atomic E-state index is -0.781. The normalized spacial score (nSPS) is 12.8. The zero-order valence-electron chi connectivity index (χ0n) is 6.64. The van der Waals surface area contributed by atoms with Crippen molar-refractivity contribution in [3.05, 3.63) is 29.8 Å². The van der Waals surface area contributed by atoms with Crippen LogP contribution in [0.4, 0.5) is 0 Å². The molecule has 0 saturated carbocycles. The second kappa shape index (κ2) is 4.09. The van der Waals surface area contributed by atoms with Crippen molar-refractivity contribution in [3.63, 3.8) is 0 Å². The lowest BCUT2D eigenvalue weighted by molar-refractivity contribution is 0.132. The first-order valence-corrected chi connectivity index (χ1v) is 3.82. The summed E-state index contributed by atoms with van der Waals surface area (Å²) in [5, 5.41) is 27.2. The van der Waals surface area contributed by atoms with Crippen molar-refractivity contribution < 1.29 is 15.3 Å². The molecule has 1 aromatic rings. The van der Waals surface area contributed by atoms with Crippen molar-refractivity contribution in [2.45, 2.75) is 12.5 Å². The molecule has 1 rings (SSSR count). The lowest BCUT2D eigenvalue weighted by atomic mass is 10.1. The number of phenols is 1. The topological polar surface area (TPSA) is 60.7 Å². The molecule has 0 saturated heterocycles. The van der Waals surface area contributed by atoms with Gasteiger partial charge in [0.15, 0.2) is 0 Å². The minimum Gasteiger partial charge on any atom is -0.508 e. The first-order chi connectivity index (χ1) is 5.75. The number of aliphatic hydroxyl groups excluding tert-OH is 2. The van der Waals surface area contributed by atoms with Crippen LogP contribution in [0.1, 0.15) is 18.1 Å². The van der Waals surface area contributed by atoms with E-state index < -0.39 is 6.10 Å². The van der Waals surface area contributed by atoms with E-state index in [-0.39, 0.29) is 18.8 Å². The Balaban J connectivity index is 2.79. The monoisotopic (exact) mass is 168 g/mol. The van der Waals surface area contributed by atoms with Gasteiger partial charge in [0, 0.05) is 18.6 Å². The number of phenolic OH excluding ortho intramolecular Hbond substituents is 1. The molecule has 12 heavy (non-hydrogen) atoms. The molecule has 0 bridgehead atoms. The number of hydrogen-bond donors (Lipinski definition) is 3. The number of aromatic hydroxyl groups is 1. The van der Waals surface area contributed by atoms with Gasteiger partial charge in [-0.25, -0.2) is 0 Å². The number of para-hydroxylation sites is 1. The van der Waals surface area contributed by atoms with Crippen LogP contribution in [0.2, 0.25) is 0 Å². The predicted molar refractivity (Wildman–Crippen MR) is 44.8 cm³/mol. The number of hydrogen-bond acceptors (Lipinski definition) is 3. The quantitative estimate of drug-likeness (QED) is 0.625. The second-order valence-corrected chi connectivity index (χ2v) is 2.59. The summed E-state index contributed by atoms with van der Waals surface area (Å²) in [5.41, 5.74) is 0.464. The van der Waals surface area contributed by atoms with Gasteiger partial charge in [-0.05, 0) is 6.07 Å². The fraction of sp³-hybridized carbons (Fsp3) is 0.333. The van der Waals surface area contributed by atoms with Crippen LogP contribution in [-0.4, -0.2) is 21.9 Å². The third-order valence-corrected chi connectivity index (χ3v) is 1.70. The molecule has 3 heteroatoms. The second-order valence-electron chi connectivity index (χ2n) is 2.59. The van der Waals surface area contributed by atoms with E-state index in [0.717, 1.165) is 0 Å². The average Bonchev–Trinajstić information content (AvgIpc) is 2.05. The molecular formula is C9H12O3. The van der Waals surface area contributed by atoms with Gasteiger partial charge in [0.1, 0.15) is 5.75 Å². The Hall–Kier alpha value is -1.06. The van der Waals surface area contributed by atoms with Crippen molar-refractivity contribution in [2.75, 3.05) is 6.61 Å². The van der Waals surface area contributed by atoms with E-state index in [9.17, 15) is 10.2 Å². The zero-order chi connectivity index (χ0) is 8.97. The Morgan fingerprint density at radius 1 is 1.25 bits per heavy atom. The summed E-state index contributed by atoms with van der Waals surface area (Å²) in [7, 11) is 0. The van der Waals surface area contributed by atoms with Gasteiger partial charge >= 0.3 is 0 Å². The van der Waals surface area contributed by atoms with Gasteiger partial charge in [0.2, 0.25) is 0 Å². The Kier molecular flexibility index (Phi) is 3.08. The fourth-order valence-corrected chi connectivity index (χ4v) is 1.05. The molecule has 0 radical (unpaired) electrons. The van der Waals surface area contributed by atoms with E-state index in [1.807, 2.05) is 0 Å². The third-order valence-electron chi connectivity index (χ3n) is 1.70. The van der Waals surface area contributed by atoms with Crippen LogP contribution in [0.3, 0.4) is 0 Å².